The molecule has 1 aliphatic heterocycles. The van der Waals surface area contributed by atoms with E-state index in [2.05, 4.69) is 106 Å². The summed E-state index contributed by atoms with van der Waals surface area (Å²) in [4.78, 5) is 0. The zero-order valence-electron chi connectivity index (χ0n) is 21.9. The Kier molecular flexibility index (Phi) is 8.54. The maximum absolute atomic E-state index is 6.51. The molecule has 6 rings (SSSR count). The molecule has 2 unspecified atom stereocenters. The van der Waals surface area contributed by atoms with Crippen LogP contribution in [0.25, 0.3) is 27.6 Å². The predicted molar refractivity (Wildman–Crippen MR) is 149 cm³/mol. The monoisotopic (exact) mass is 625 g/mol. The number of hydrogen-bond donors (Lipinski definition) is 0. The smallest absolute Gasteiger partial charge is 1.00 e. The van der Waals surface area contributed by atoms with Crippen LogP contribution in [0.5, 0.6) is 0 Å². The molecule has 0 bridgehead atoms. The van der Waals surface area contributed by atoms with Crippen LogP contribution >= 0.6 is 0 Å². The standard InChI is InChI=1S/C30H33OSi2.2ClH.Zr/c1-19(31-32(2,3)4)15-22-16-20-11-8-10-14-24(20)28(22)29-26-17-21-12-7-9-13-23(21)25(26)18-27-30(29)33(27,5)6;;;/h7-14,16-19,28H,15H2,1-6H3;2*1H;/q-1;;;+3/p-2. The molecule has 0 saturated carbocycles. The van der Waals surface area contributed by atoms with Crippen molar-refractivity contribution in [3.63, 3.8) is 0 Å². The summed E-state index contributed by atoms with van der Waals surface area (Å²) in [5.41, 5.74) is 5.99. The van der Waals surface area contributed by atoms with Gasteiger partial charge in [0, 0.05) is 12.0 Å². The molecule has 4 aromatic carbocycles. The normalized spacial score (nSPS) is 17.8. The maximum Gasteiger partial charge on any atom is 3.00 e. The fraction of sp³-hybridized carbons (Fsp3) is 0.300. The molecular formula is C30H33Cl2OSi2Zr. The van der Waals surface area contributed by atoms with Gasteiger partial charge in [0.05, 0.1) is 0 Å². The fourth-order valence-corrected chi connectivity index (χ4v) is 11.0. The van der Waals surface area contributed by atoms with Crippen LogP contribution < -0.4 is 35.2 Å². The predicted octanol–water partition coefficient (Wildman–Crippen LogP) is 1.01. The average molecular weight is 628 g/mol. The Labute approximate surface area is 249 Å². The van der Waals surface area contributed by atoms with E-state index >= 15 is 0 Å². The molecule has 6 heteroatoms. The quantitative estimate of drug-likeness (QED) is 0.237. The van der Waals surface area contributed by atoms with Gasteiger partial charge in [-0.25, -0.2) is 0 Å². The minimum absolute atomic E-state index is 0. The first-order valence-corrected chi connectivity index (χ1v) is 18.7. The third kappa shape index (κ3) is 4.83. The summed E-state index contributed by atoms with van der Waals surface area (Å²) < 4.78 is 6.51. The second-order valence-electron chi connectivity index (χ2n) is 11.6. The fourth-order valence-electron chi connectivity index (χ4n) is 6.32. The van der Waals surface area contributed by atoms with Gasteiger partial charge in [0.1, 0.15) is 8.07 Å². The van der Waals surface area contributed by atoms with Gasteiger partial charge in [-0.15, -0.1) is 33.7 Å². The molecule has 1 radical (unpaired) electrons. The summed E-state index contributed by atoms with van der Waals surface area (Å²) in [6.07, 6.45) is 3.71. The number of fused-ring (bicyclic) bond motifs is 5. The van der Waals surface area contributed by atoms with E-state index in [0.29, 0.717) is 5.92 Å². The Hall–Kier alpha value is -0.873. The minimum atomic E-state index is -1.58. The van der Waals surface area contributed by atoms with Gasteiger partial charge < -0.3 is 29.2 Å². The van der Waals surface area contributed by atoms with Crippen LogP contribution in [0, 0.1) is 0 Å². The molecular weight excluding hydrogens is 595 g/mol. The SMILES string of the molecule is CC(CC1=Cc2ccccc2C1c1c2c(cc3c1[cH-]c1ccccc13)[Si]2(C)C)O[Si](C)(C)C.[Cl-].[Cl-].[Zr+3]. The zero-order chi connectivity index (χ0) is 23.1. The molecule has 0 saturated heterocycles. The van der Waals surface area contributed by atoms with E-state index in [4.69, 9.17) is 4.43 Å². The Morgan fingerprint density at radius 1 is 0.972 bits per heavy atom. The van der Waals surface area contributed by atoms with Gasteiger partial charge in [0.25, 0.3) is 0 Å². The molecule has 4 aromatic rings. The number of halogens is 2. The minimum Gasteiger partial charge on any atom is -1.00 e. The molecule has 0 spiro atoms. The van der Waals surface area contributed by atoms with Gasteiger partial charge in [-0.3, -0.25) is 0 Å². The number of benzene rings is 3. The van der Waals surface area contributed by atoms with Gasteiger partial charge in [-0.1, -0.05) is 89.2 Å². The van der Waals surface area contributed by atoms with Crippen molar-refractivity contribution in [2.45, 2.75) is 58.1 Å². The van der Waals surface area contributed by atoms with E-state index in [9.17, 15) is 0 Å². The van der Waals surface area contributed by atoms with E-state index < -0.39 is 16.4 Å². The van der Waals surface area contributed by atoms with Crippen molar-refractivity contribution in [3.05, 3.63) is 82.9 Å². The average Bonchev–Trinajstić information content (AvgIpc) is 3.04. The molecule has 0 amide bonds. The van der Waals surface area contributed by atoms with E-state index in [1.165, 1.54) is 38.2 Å². The van der Waals surface area contributed by atoms with Crippen LogP contribution in [0.15, 0.2) is 66.2 Å². The van der Waals surface area contributed by atoms with E-state index in [0.717, 1.165) is 6.42 Å². The van der Waals surface area contributed by atoms with Crippen molar-refractivity contribution >= 4 is 54.4 Å². The van der Waals surface area contributed by atoms with Crippen molar-refractivity contribution < 1.29 is 55.4 Å². The first-order valence-electron chi connectivity index (χ1n) is 12.3. The Morgan fingerprint density at radius 3 is 2.36 bits per heavy atom. The van der Waals surface area contributed by atoms with E-state index in [1.54, 1.807) is 15.9 Å². The molecule has 0 N–H and O–H groups in total. The number of rotatable bonds is 5. The van der Waals surface area contributed by atoms with Crippen LogP contribution in [0.3, 0.4) is 0 Å². The van der Waals surface area contributed by atoms with Crippen molar-refractivity contribution in [2.75, 3.05) is 0 Å². The molecule has 36 heavy (non-hydrogen) atoms. The Bertz CT molecular complexity index is 1470. The molecule has 0 aromatic heterocycles. The third-order valence-electron chi connectivity index (χ3n) is 7.58. The third-order valence-corrected chi connectivity index (χ3v) is 12.0. The second kappa shape index (κ2) is 10.4. The van der Waals surface area contributed by atoms with Gasteiger partial charge in [-0.2, -0.15) is 0 Å². The van der Waals surface area contributed by atoms with Gasteiger partial charge in [0.15, 0.2) is 8.32 Å². The van der Waals surface area contributed by atoms with Crippen LogP contribution in [0.1, 0.15) is 36.0 Å². The van der Waals surface area contributed by atoms with E-state index in [1.807, 2.05) is 0 Å². The first-order chi connectivity index (χ1) is 15.6. The summed E-state index contributed by atoms with van der Waals surface area (Å²) in [5, 5.41) is 9.06. The molecule has 2 aliphatic rings. The maximum atomic E-state index is 6.51. The summed E-state index contributed by atoms with van der Waals surface area (Å²) in [7, 11) is -3.06. The van der Waals surface area contributed by atoms with Gasteiger partial charge >= 0.3 is 26.2 Å². The Morgan fingerprint density at radius 2 is 1.64 bits per heavy atom. The molecule has 1 heterocycles. The Balaban J connectivity index is 0.00000120. The second-order valence-corrected chi connectivity index (χ2v) is 20.3. The van der Waals surface area contributed by atoms with Crippen molar-refractivity contribution in [3.8, 4) is 0 Å². The molecule has 0 fully saturated rings. The molecule has 1 nitrogen and oxygen atoms in total. The van der Waals surface area contributed by atoms with Crippen molar-refractivity contribution in [1.29, 1.82) is 0 Å². The summed E-state index contributed by atoms with van der Waals surface area (Å²) in [6.45, 7) is 14.2. The van der Waals surface area contributed by atoms with Crippen LogP contribution in [0.2, 0.25) is 32.7 Å². The van der Waals surface area contributed by atoms with Crippen LogP contribution in [0.4, 0.5) is 0 Å². The van der Waals surface area contributed by atoms with E-state index in [-0.39, 0.29) is 57.1 Å². The van der Waals surface area contributed by atoms with Crippen molar-refractivity contribution in [1.82, 2.24) is 0 Å². The first kappa shape index (κ1) is 29.7. The molecule has 1 aliphatic carbocycles. The zero-order valence-corrected chi connectivity index (χ0v) is 27.8. The molecule has 185 valence electrons. The molecule has 2 atom stereocenters. The van der Waals surface area contributed by atoms with Crippen LogP contribution in [-0.2, 0) is 30.6 Å². The van der Waals surface area contributed by atoms with Crippen molar-refractivity contribution in [2.24, 2.45) is 0 Å². The van der Waals surface area contributed by atoms with Gasteiger partial charge in [-0.05, 0) is 44.1 Å². The summed E-state index contributed by atoms with van der Waals surface area (Å²) in [6, 6.07) is 23.0. The topological polar surface area (TPSA) is 9.23 Å². The summed E-state index contributed by atoms with van der Waals surface area (Å²) >= 11 is 0. The van der Waals surface area contributed by atoms with Crippen LogP contribution in [-0.4, -0.2) is 22.5 Å². The largest absolute Gasteiger partial charge is 3.00 e. The number of hydrogen-bond acceptors (Lipinski definition) is 1. The summed E-state index contributed by atoms with van der Waals surface area (Å²) in [5.74, 6) is 0.345. The van der Waals surface area contributed by atoms with Gasteiger partial charge in [0.2, 0.25) is 0 Å².